The molecule has 1 aliphatic rings. The minimum Gasteiger partial charge on any atom is -0.508 e. The van der Waals surface area contributed by atoms with Gasteiger partial charge in [0.05, 0.1) is 11.5 Å². The highest BCUT2D eigenvalue weighted by atomic mass is 32.2. The third kappa shape index (κ3) is 2.47. The molecule has 1 heterocycles. The number of phenolic OH excluding ortho intramolecular Hbond substituents is 1. The van der Waals surface area contributed by atoms with Crippen LogP contribution in [0.25, 0.3) is 0 Å². The van der Waals surface area contributed by atoms with Gasteiger partial charge < -0.3 is 10.4 Å². The van der Waals surface area contributed by atoms with Crippen molar-refractivity contribution >= 4 is 15.5 Å². The largest absolute Gasteiger partial charge is 0.508 e. The Hall–Kier alpha value is -1.23. The summed E-state index contributed by atoms with van der Waals surface area (Å²) in [6, 6.07) is 5.18. The van der Waals surface area contributed by atoms with E-state index in [4.69, 9.17) is 0 Å². The molecule has 0 bridgehead atoms. The molecule has 1 aromatic carbocycles. The number of nitrogens with one attached hydrogen (secondary N) is 1. The zero-order chi connectivity index (χ0) is 11.8. The predicted molar refractivity (Wildman–Crippen MR) is 63.5 cm³/mol. The maximum atomic E-state index is 11.3. The van der Waals surface area contributed by atoms with Gasteiger partial charge in [0, 0.05) is 11.7 Å². The number of phenols is 1. The highest BCUT2D eigenvalue weighted by Gasteiger charge is 2.27. The molecule has 0 aromatic heterocycles. The Kier molecular flexibility index (Phi) is 2.80. The molecule has 1 aromatic rings. The van der Waals surface area contributed by atoms with Gasteiger partial charge in [0.25, 0.3) is 0 Å². The van der Waals surface area contributed by atoms with E-state index in [9.17, 15) is 13.5 Å². The van der Waals surface area contributed by atoms with Crippen LogP contribution in [0.5, 0.6) is 5.75 Å². The molecule has 1 saturated heterocycles. The van der Waals surface area contributed by atoms with Gasteiger partial charge in [-0.2, -0.15) is 0 Å². The fourth-order valence-electron chi connectivity index (χ4n) is 1.89. The topological polar surface area (TPSA) is 66.4 Å². The second-order valence-electron chi connectivity index (χ2n) is 4.25. The summed E-state index contributed by atoms with van der Waals surface area (Å²) < 4.78 is 22.5. The number of aryl methyl sites for hydroxylation is 1. The first-order valence-corrected chi connectivity index (χ1v) is 7.05. The Balaban J connectivity index is 2.08. The van der Waals surface area contributed by atoms with Crippen LogP contribution < -0.4 is 5.32 Å². The summed E-state index contributed by atoms with van der Waals surface area (Å²) in [7, 11) is -2.85. The number of anilines is 1. The van der Waals surface area contributed by atoms with Crippen LogP contribution in [-0.2, 0) is 9.84 Å². The first kappa shape index (κ1) is 11.3. The summed E-state index contributed by atoms with van der Waals surface area (Å²) in [6.07, 6.45) is 0.655. The van der Waals surface area contributed by atoms with Gasteiger partial charge in [-0.1, -0.05) is 0 Å². The van der Waals surface area contributed by atoms with E-state index >= 15 is 0 Å². The molecule has 1 atom stereocenters. The first-order chi connectivity index (χ1) is 7.46. The van der Waals surface area contributed by atoms with Crippen molar-refractivity contribution in [3.8, 4) is 5.75 Å². The minimum atomic E-state index is -2.85. The van der Waals surface area contributed by atoms with Gasteiger partial charge >= 0.3 is 0 Å². The molecule has 88 valence electrons. The predicted octanol–water partition coefficient (Wildman–Crippen LogP) is 1.30. The second kappa shape index (κ2) is 3.97. The number of sulfone groups is 1. The number of hydrogen-bond acceptors (Lipinski definition) is 4. The molecule has 0 aliphatic carbocycles. The van der Waals surface area contributed by atoms with Crippen LogP contribution in [0.3, 0.4) is 0 Å². The third-order valence-electron chi connectivity index (χ3n) is 2.80. The van der Waals surface area contributed by atoms with Crippen molar-refractivity contribution in [2.24, 2.45) is 0 Å². The lowest BCUT2D eigenvalue weighted by atomic mass is 10.2. The van der Waals surface area contributed by atoms with Crippen LogP contribution in [0.2, 0.25) is 0 Å². The Morgan fingerprint density at radius 3 is 2.75 bits per heavy atom. The zero-order valence-electron chi connectivity index (χ0n) is 9.10. The summed E-state index contributed by atoms with van der Waals surface area (Å²) in [4.78, 5) is 0. The lowest BCUT2D eigenvalue weighted by Gasteiger charge is -2.13. The van der Waals surface area contributed by atoms with Gasteiger partial charge in [0.1, 0.15) is 5.75 Å². The molecule has 2 N–H and O–H groups in total. The minimum absolute atomic E-state index is 0.00561. The van der Waals surface area contributed by atoms with Gasteiger partial charge in [0.15, 0.2) is 9.84 Å². The van der Waals surface area contributed by atoms with Crippen LogP contribution in [0.1, 0.15) is 12.0 Å². The van der Waals surface area contributed by atoms with Crippen molar-refractivity contribution in [2.75, 3.05) is 16.8 Å². The van der Waals surface area contributed by atoms with Crippen molar-refractivity contribution < 1.29 is 13.5 Å². The SMILES string of the molecule is Cc1cc(NC2CCS(=O)(=O)C2)ccc1O. The van der Waals surface area contributed by atoms with E-state index in [2.05, 4.69) is 5.32 Å². The first-order valence-electron chi connectivity index (χ1n) is 5.23. The summed E-state index contributed by atoms with van der Waals surface area (Å²) >= 11 is 0. The van der Waals surface area contributed by atoms with Crippen LogP contribution in [0, 0.1) is 6.92 Å². The van der Waals surface area contributed by atoms with Gasteiger partial charge in [-0.15, -0.1) is 0 Å². The van der Waals surface area contributed by atoms with Crippen LogP contribution in [0.4, 0.5) is 5.69 Å². The molecule has 1 fully saturated rings. The zero-order valence-corrected chi connectivity index (χ0v) is 9.92. The molecule has 0 saturated carbocycles. The number of rotatable bonds is 2. The molecule has 0 amide bonds. The smallest absolute Gasteiger partial charge is 0.152 e. The molecule has 0 radical (unpaired) electrons. The van der Waals surface area contributed by atoms with E-state index in [1.165, 1.54) is 0 Å². The molecular weight excluding hydrogens is 226 g/mol. The number of benzene rings is 1. The molecular formula is C11H15NO3S. The van der Waals surface area contributed by atoms with E-state index in [0.29, 0.717) is 6.42 Å². The maximum Gasteiger partial charge on any atom is 0.152 e. The van der Waals surface area contributed by atoms with E-state index in [1.54, 1.807) is 12.1 Å². The Morgan fingerprint density at radius 2 is 2.19 bits per heavy atom. The van der Waals surface area contributed by atoms with E-state index in [0.717, 1.165) is 11.3 Å². The van der Waals surface area contributed by atoms with Crippen LogP contribution >= 0.6 is 0 Å². The molecule has 1 aliphatic heterocycles. The van der Waals surface area contributed by atoms with E-state index in [-0.39, 0.29) is 23.3 Å². The molecule has 0 spiro atoms. The van der Waals surface area contributed by atoms with Crippen LogP contribution in [-0.4, -0.2) is 31.1 Å². The van der Waals surface area contributed by atoms with Crippen molar-refractivity contribution in [2.45, 2.75) is 19.4 Å². The lowest BCUT2D eigenvalue weighted by Crippen LogP contribution is -2.20. The Bertz CT molecular complexity index is 496. The molecule has 4 nitrogen and oxygen atoms in total. The third-order valence-corrected chi connectivity index (χ3v) is 4.57. The summed E-state index contributed by atoms with van der Waals surface area (Å²) in [6.45, 7) is 1.81. The number of aromatic hydroxyl groups is 1. The maximum absolute atomic E-state index is 11.3. The van der Waals surface area contributed by atoms with E-state index in [1.807, 2.05) is 13.0 Å². The normalized spacial score (nSPS) is 23.2. The van der Waals surface area contributed by atoms with Gasteiger partial charge in [0.2, 0.25) is 0 Å². The van der Waals surface area contributed by atoms with Crippen LogP contribution in [0.15, 0.2) is 18.2 Å². The van der Waals surface area contributed by atoms with Gasteiger partial charge in [-0.05, 0) is 37.1 Å². The molecule has 16 heavy (non-hydrogen) atoms. The monoisotopic (exact) mass is 241 g/mol. The fraction of sp³-hybridized carbons (Fsp3) is 0.455. The highest BCUT2D eigenvalue weighted by molar-refractivity contribution is 7.91. The highest BCUT2D eigenvalue weighted by Crippen LogP contribution is 2.22. The molecule has 1 unspecified atom stereocenters. The Labute approximate surface area is 95.2 Å². The van der Waals surface area contributed by atoms with Crippen molar-refractivity contribution in [3.05, 3.63) is 23.8 Å². The second-order valence-corrected chi connectivity index (χ2v) is 6.47. The summed E-state index contributed by atoms with van der Waals surface area (Å²) in [5, 5.41) is 12.5. The standard InChI is InChI=1S/C11H15NO3S/c1-8-6-9(2-3-11(8)13)12-10-4-5-16(14,15)7-10/h2-3,6,10,12-13H,4-5,7H2,1H3. The number of hydrogen-bond donors (Lipinski definition) is 2. The van der Waals surface area contributed by atoms with Gasteiger partial charge in [-0.3, -0.25) is 0 Å². The average Bonchev–Trinajstić information content (AvgIpc) is 2.52. The van der Waals surface area contributed by atoms with E-state index < -0.39 is 9.84 Å². The van der Waals surface area contributed by atoms with Crippen molar-refractivity contribution in [1.82, 2.24) is 0 Å². The summed E-state index contributed by atoms with van der Waals surface area (Å²) in [5.74, 6) is 0.721. The van der Waals surface area contributed by atoms with Crippen molar-refractivity contribution in [3.63, 3.8) is 0 Å². The average molecular weight is 241 g/mol. The quantitative estimate of drug-likeness (QED) is 0.766. The van der Waals surface area contributed by atoms with Crippen molar-refractivity contribution in [1.29, 1.82) is 0 Å². The lowest BCUT2D eigenvalue weighted by molar-refractivity contribution is 0.471. The van der Waals surface area contributed by atoms with Gasteiger partial charge in [-0.25, -0.2) is 8.42 Å². The molecule has 5 heteroatoms. The Morgan fingerprint density at radius 1 is 1.44 bits per heavy atom. The summed E-state index contributed by atoms with van der Waals surface area (Å²) in [5.41, 5.74) is 1.64. The molecule has 2 rings (SSSR count). The fourth-order valence-corrected chi connectivity index (χ4v) is 3.56.